The molecule has 2 aromatic heterocycles. The second kappa shape index (κ2) is 6.07. The van der Waals surface area contributed by atoms with Gasteiger partial charge in [0.15, 0.2) is 0 Å². The van der Waals surface area contributed by atoms with E-state index in [0.29, 0.717) is 22.9 Å². The molecule has 2 heterocycles. The molecule has 112 valence electrons. The molecule has 1 amide bonds. The second-order valence-corrected chi connectivity index (χ2v) is 5.29. The monoisotopic (exact) mass is 315 g/mol. The Balaban J connectivity index is 1.64. The van der Waals surface area contributed by atoms with Crippen LogP contribution in [0.25, 0.3) is 11.3 Å². The maximum atomic E-state index is 11.9. The number of hydrogen-bond acceptors (Lipinski definition) is 3. The van der Waals surface area contributed by atoms with E-state index in [1.54, 1.807) is 17.9 Å². The van der Waals surface area contributed by atoms with Crippen molar-refractivity contribution < 1.29 is 9.21 Å². The van der Waals surface area contributed by atoms with Gasteiger partial charge in [-0.3, -0.25) is 9.48 Å². The molecule has 1 aromatic carbocycles. The zero-order valence-electron chi connectivity index (χ0n) is 11.9. The third kappa shape index (κ3) is 3.20. The van der Waals surface area contributed by atoms with Gasteiger partial charge in [-0.25, -0.2) is 0 Å². The van der Waals surface area contributed by atoms with Crippen molar-refractivity contribution in [2.75, 3.05) is 0 Å². The molecule has 0 fully saturated rings. The van der Waals surface area contributed by atoms with Crippen LogP contribution in [0.1, 0.15) is 16.1 Å². The summed E-state index contributed by atoms with van der Waals surface area (Å²) in [6.07, 6.45) is 3.19. The molecule has 5 nitrogen and oxygen atoms in total. The average molecular weight is 316 g/mol. The Morgan fingerprint density at radius 3 is 2.73 bits per heavy atom. The van der Waals surface area contributed by atoms with Crippen LogP contribution in [0.3, 0.4) is 0 Å². The smallest absolute Gasteiger partial charge is 0.254 e. The van der Waals surface area contributed by atoms with Crippen LogP contribution >= 0.6 is 11.6 Å². The Morgan fingerprint density at radius 1 is 1.27 bits per heavy atom. The standard InChI is InChI=1S/C16H14ClN3O2/c1-20-10-12(8-19-20)16(21)18-9-14-6-7-15(22-14)11-2-4-13(17)5-3-11/h2-8,10H,9H2,1H3,(H,18,21). The van der Waals surface area contributed by atoms with Crippen molar-refractivity contribution in [1.29, 1.82) is 0 Å². The molecule has 22 heavy (non-hydrogen) atoms. The molecule has 1 N–H and O–H groups in total. The zero-order chi connectivity index (χ0) is 15.5. The minimum absolute atomic E-state index is 0.183. The first kappa shape index (κ1) is 14.4. The van der Waals surface area contributed by atoms with Crippen molar-refractivity contribution in [1.82, 2.24) is 15.1 Å². The summed E-state index contributed by atoms with van der Waals surface area (Å²) in [5.74, 6) is 1.24. The number of furan rings is 1. The largest absolute Gasteiger partial charge is 0.459 e. The molecule has 0 aliphatic rings. The quantitative estimate of drug-likeness (QED) is 0.804. The van der Waals surface area contributed by atoms with E-state index in [1.165, 1.54) is 6.20 Å². The predicted octanol–water partition coefficient (Wildman–Crippen LogP) is 3.26. The van der Waals surface area contributed by atoms with Crippen LogP contribution in [0.5, 0.6) is 0 Å². The van der Waals surface area contributed by atoms with E-state index in [0.717, 1.165) is 11.3 Å². The van der Waals surface area contributed by atoms with E-state index in [4.69, 9.17) is 16.0 Å². The maximum absolute atomic E-state index is 11.9. The van der Waals surface area contributed by atoms with Crippen LogP contribution in [0.2, 0.25) is 5.02 Å². The highest BCUT2D eigenvalue weighted by atomic mass is 35.5. The minimum Gasteiger partial charge on any atom is -0.459 e. The molecule has 0 saturated heterocycles. The van der Waals surface area contributed by atoms with Crippen LogP contribution in [-0.4, -0.2) is 15.7 Å². The number of aryl methyl sites for hydroxylation is 1. The number of amides is 1. The third-order valence-corrected chi connectivity index (χ3v) is 3.43. The van der Waals surface area contributed by atoms with E-state index in [9.17, 15) is 4.79 Å². The lowest BCUT2D eigenvalue weighted by Gasteiger charge is -2.01. The summed E-state index contributed by atoms with van der Waals surface area (Å²) in [4.78, 5) is 11.9. The van der Waals surface area contributed by atoms with Crippen molar-refractivity contribution >= 4 is 17.5 Å². The molecule has 0 spiro atoms. The lowest BCUT2D eigenvalue weighted by atomic mass is 10.2. The van der Waals surface area contributed by atoms with Crippen molar-refractivity contribution in [3.8, 4) is 11.3 Å². The fourth-order valence-electron chi connectivity index (χ4n) is 2.05. The number of carbonyl (C=O) groups excluding carboxylic acids is 1. The predicted molar refractivity (Wildman–Crippen MR) is 83.5 cm³/mol. The number of hydrogen-bond donors (Lipinski definition) is 1. The number of nitrogens with zero attached hydrogens (tertiary/aromatic N) is 2. The Kier molecular flexibility index (Phi) is 3.98. The van der Waals surface area contributed by atoms with Gasteiger partial charge in [-0.05, 0) is 36.4 Å². The van der Waals surface area contributed by atoms with Gasteiger partial charge in [-0.15, -0.1) is 0 Å². The molecule has 0 unspecified atom stereocenters. The van der Waals surface area contributed by atoms with E-state index in [2.05, 4.69) is 10.4 Å². The molecular formula is C16H14ClN3O2. The highest BCUT2D eigenvalue weighted by molar-refractivity contribution is 6.30. The SMILES string of the molecule is Cn1cc(C(=O)NCc2ccc(-c3ccc(Cl)cc3)o2)cn1. The van der Waals surface area contributed by atoms with E-state index in [-0.39, 0.29) is 5.91 Å². The number of carbonyl (C=O) groups is 1. The molecule has 0 atom stereocenters. The van der Waals surface area contributed by atoms with Gasteiger partial charge in [0.05, 0.1) is 18.3 Å². The number of nitrogens with one attached hydrogen (secondary N) is 1. The summed E-state index contributed by atoms with van der Waals surface area (Å²) in [6.45, 7) is 0.321. The van der Waals surface area contributed by atoms with Crippen LogP contribution < -0.4 is 5.32 Å². The van der Waals surface area contributed by atoms with Gasteiger partial charge in [0, 0.05) is 23.8 Å². The van der Waals surface area contributed by atoms with Gasteiger partial charge in [0.1, 0.15) is 11.5 Å². The van der Waals surface area contributed by atoms with Crippen LogP contribution in [-0.2, 0) is 13.6 Å². The Hall–Kier alpha value is -2.53. The summed E-state index contributed by atoms with van der Waals surface area (Å²) >= 11 is 5.86. The Morgan fingerprint density at radius 2 is 2.05 bits per heavy atom. The normalized spacial score (nSPS) is 10.6. The molecule has 0 aliphatic carbocycles. The van der Waals surface area contributed by atoms with Gasteiger partial charge >= 0.3 is 0 Å². The average Bonchev–Trinajstić information content (AvgIpc) is 3.15. The molecule has 0 bridgehead atoms. The fourth-order valence-corrected chi connectivity index (χ4v) is 2.18. The Bertz CT molecular complexity index is 790. The minimum atomic E-state index is -0.183. The summed E-state index contributed by atoms with van der Waals surface area (Å²) in [6, 6.07) is 11.1. The summed E-state index contributed by atoms with van der Waals surface area (Å²) in [5, 5.41) is 7.44. The molecular weight excluding hydrogens is 302 g/mol. The first-order chi connectivity index (χ1) is 10.6. The van der Waals surface area contributed by atoms with Crippen molar-refractivity contribution in [2.24, 2.45) is 7.05 Å². The van der Waals surface area contributed by atoms with Gasteiger partial charge in [0.2, 0.25) is 0 Å². The third-order valence-electron chi connectivity index (χ3n) is 3.18. The summed E-state index contributed by atoms with van der Waals surface area (Å²) in [5.41, 5.74) is 1.46. The molecule has 0 saturated carbocycles. The fraction of sp³-hybridized carbons (Fsp3) is 0.125. The van der Waals surface area contributed by atoms with Gasteiger partial charge in [-0.1, -0.05) is 11.6 Å². The van der Waals surface area contributed by atoms with E-state index >= 15 is 0 Å². The molecule has 0 aliphatic heterocycles. The first-order valence-electron chi connectivity index (χ1n) is 6.73. The second-order valence-electron chi connectivity index (χ2n) is 4.86. The molecule has 6 heteroatoms. The van der Waals surface area contributed by atoms with Crippen molar-refractivity contribution in [3.63, 3.8) is 0 Å². The van der Waals surface area contributed by atoms with Crippen molar-refractivity contribution in [2.45, 2.75) is 6.54 Å². The highest BCUT2D eigenvalue weighted by Gasteiger charge is 2.09. The van der Waals surface area contributed by atoms with Crippen molar-refractivity contribution in [3.05, 3.63) is 65.1 Å². The zero-order valence-corrected chi connectivity index (χ0v) is 12.7. The van der Waals surface area contributed by atoms with E-state index < -0.39 is 0 Å². The lowest BCUT2D eigenvalue weighted by Crippen LogP contribution is -2.22. The first-order valence-corrected chi connectivity index (χ1v) is 7.11. The maximum Gasteiger partial charge on any atom is 0.254 e. The molecule has 3 rings (SSSR count). The molecule has 3 aromatic rings. The number of halogens is 1. The lowest BCUT2D eigenvalue weighted by molar-refractivity contribution is 0.0948. The number of benzene rings is 1. The molecule has 0 radical (unpaired) electrons. The summed E-state index contributed by atoms with van der Waals surface area (Å²) in [7, 11) is 1.77. The van der Waals surface area contributed by atoms with Crippen LogP contribution in [0, 0.1) is 0 Å². The van der Waals surface area contributed by atoms with Gasteiger partial charge in [-0.2, -0.15) is 5.10 Å². The topological polar surface area (TPSA) is 60.1 Å². The van der Waals surface area contributed by atoms with Crippen LogP contribution in [0.15, 0.2) is 53.2 Å². The van der Waals surface area contributed by atoms with Crippen LogP contribution in [0.4, 0.5) is 0 Å². The number of aromatic nitrogens is 2. The highest BCUT2D eigenvalue weighted by Crippen LogP contribution is 2.23. The Labute approximate surface area is 132 Å². The van der Waals surface area contributed by atoms with Gasteiger partial charge < -0.3 is 9.73 Å². The van der Waals surface area contributed by atoms with Gasteiger partial charge in [0.25, 0.3) is 5.91 Å². The van der Waals surface area contributed by atoms with E-state index in [1.807, 2.05) is 36.4 Å². The summed E-state index contributed by atoms with van der Waals surface area (Å²) < 4.78 is 7.31. The number of rotatable bonds is 4.